The molecule has 0 aliphatic rings. The van der Waals surface area contributed by atoms with Crippen molar-refractivity contribution in [1.82, 2.24) is 0 Å². The number of methoxy groups -OCH3 is 1. The molecule has 0 aliphatic heterocycles. The minimum Gasteiger partial charge on any atom is -0.467 e. The molecule has 0 bridgehead atoms. The summed E-state index contributed by atoms with van der Waals surface area (Å²) in [6, 6.07) is 15.0. The van der Waals surface area contributed by atoms with Crippen molar-refractivity contribution in [2.24, 2.45) is 4.99 Å². The van der Waals surface area contributed by atoms with Gasteiger partial charge in [-0.2, -0.15) is 0 Å². The lowest BCUT2D eigenvalue weighted by molar-refractivity contribution is 0.0500. The van der Waals surface area contributed by atoms with E-state index in [2.05, 4.69) is 68.2 Å². The highest BCUT2D eigenvalue weighted by molar-refractivity contribution is 7.48. The van der Waals surface area contributed by atoms with Crippen LogP contribution < -0.4 is 10.0 Å². The molecule has 3 nitrogen and oxygen atoms in total. The van der Waals surface area contributed by atoms with E-state index in [1.807, 2.05) is 13.3 Å². The lowest BCUT2D eigenvalue weighted by Gasteiger charge is -2.32. The average molecular weight is 371 g/mol. The van der Waals surface area contributed by atoms with E-state index in [9.17, 15) is 0 Å². The van der Waals surface area contributed by atoms with Gasteiger partial charge in [-0.3, -0.25) is 4.99 Å². The van der Waals surface area contributed by atoms with Gasteiger partial charge >= 0.3 is 0 Å². The molecule has 0 fully saturated rings. The van der Waals surface area contributed by atoms with Gasteiger partial charge in [0.2, 0.25) is 0 Å². The van der Waals surface area contributed by atoms with Gasteiger partial charge in [0.15, 0.2) is 6.79 Å². The summed E-state index contributed by atoms with van der Waals surface area (Å²) in [4.78, 5) is 4.23. The van der Waals surface area contributed by atoms with E-state index in [0.29, 0.717) is 8.58 Å². The van der Waals surface area contributed by atoms with Crippen molar-refractivity contribution < 1.29 is 9.47 Å². The fourth-order valence-electron chi connectivity index (χ4n) is 3.25. The maximum absolute atomic E-state index is 5.91. The first-order chi connectivity index (χ1) is 12.5. The molecule has 0 aliphatic carbocycles. The minimum atomic E-state index is 0.00152. The van der Waals surface area contributed by atoms with Crippen molar-refractivity contribution in [2.75, 3.05) is 21.0 Å². The van der Waals surface area contributed by atoms with E-state index in [1.54, 1.807) is 7.11 Å². The molecule has 2 rings (SSSR count). The number of rotatable bonds is 9. The second-order valence-corrected chi connectivity index (χ2v) is 8.62. The molecule has 2 aromatic carbocycles. The lowest BCUT2D eigenvalue weighted by Crippen LogP contribution is -2.22. The highest BCUT2D eigenvalue weighted by Crippen LogP contribution is 2.48. The van der Waals surface area contributed by atoms with Crippen LogP contribution in [0.5, 0.6) is 5.75 Å². The first-order valence-corrected chi connectivity index (χ1v) is 10.1. The van der Waals surface area contributed by atoms with E-state index in [4.69, 9.17) is 9.47 Å². The molecule has 0 amide bonds. The van der Waals surface area contributed by atoms with Gasteiger partial charge in [0.05, 0.1) is 0 Å². The summed E-state index contributed by atoms with van der Waals surface area (Å²) in [6.45, 7) is 6.99. The molecular formula is C22H30NO2P. The summed E-state index contributed by atoms with van der Waals surface area (Å²) >= 11 is 0. The van der Waals surface area contributed by atoms with Crippen LogP contribution in [0.4, 0.5) is 0 Å². The van der Waals surface area contributed by atoms with Crippen LogP contribution in [0.2, 0.25) is 0 Å². The second kappa shape index (κ2) is 9.85. The number of hydrogen-bond donors (Lipinski definition) is 0. The van der Waals surface area contributed by atoms with Gasteiger partial charge in [-0.25, -0.2) is 0 Å². The second-order valence-electron chi connectivity index (χ2n) is 6.73. The zero-order chi connectivity index (χ0) is 19.0. The Labute approximate surface area is 159 Å². The van der Waals surface area contributed by atoms with Gasteiger partial charge in [0.1, 0.15) is 5.75 Å². The van der Waals surface area contributed by atoms with Crippen molar-refractivity contribution in [3.8, 4) is 5.75 Å². The van der Waals surface area contributed by atoms with Gasteiger partial charge in [0, 0.05) is 31.1 Å². The fraction of sp³-hybridized carbons (Fsp3) is 0.409. The number of nitrogens with zero attached hydrogens (tertiary/aromatic N) is 1. The van der Waals surface area contributed by atoms with Crippen LogP contribution in [0, 0.1) is 6.92 Å². The van der Waals surface area contributed by atoms with Crippen LogP contribution >= 0.6 is 8.58 Å². The number of ether oxygens (including phenoxy) is 2. The first kappa shape index (κ1) is 20.6. The lowest BCUT2D eigenvalue weighted by atomic mass is 9.93. The quantitative estimate of drug-likeness (QED) is 0.351. The predicted octanol–water partition coefficient (Wildman–Crippen LogP) is 5.05. The van der Waals surface area contributed by atoms with Gasteiger partial charge in [-0.1, -0.05) is 70.8 Å². The maximum atomic E-state index is 5.91. The number of aryl methyl sites for hydroxylation is 1. The van der Waals surface area contributed by atoms with Crippen molar-refractivity contribution in [3.05, 3.63) is 59.2 Å². The Kier molecular flexibility index (Phi) is 7.81. The van der Waals surface area contributed by atoms with Crippen molar-refractivity contribution >= 4 is 20.1 Å². The summed E-state index contributed by atoms with van der Waals surface area (Å²) in [5.74, 6) is 0.919. The molecule has 2 unspecified atom stereocenters. The molecule has 0 saturated heterocycles. The Morgan fingerprint density at radius 2 is 1.96 bits per heavy atom. The zero-order valence-electron chi connectivity index (χ0n) is 16.5. The summed E-state index contributed by atoms with van der Waals surface area (Å²) < 4.78 is 11.0. The maximum Gasteiger partial charge on any atom is 0.188 e. The average Bonchev–Trinajstić information content (AvgIpc) is 2.63. The third-order valence-electron chi connectivity index (χ3n) is 4.45. The minimum absolute atomic E-state index is 0.00152. The van der Waals surface area contributed by atoms with E-state index >= 15 is 0 Å². The molecule has 26 heavy (non-hydrogen) atoms. The van der Waals surface area contributed by atoms with Gasteiger partial charge in [-0.05, 0) is 30.3 Å². The van der Waals surface area contributed by atoms with Crippen LogP contribution in [0.25, 0.3) is 0 Å². The molecule has 0 aromatic heterocycles. The van der Waals surface area contributed by atoms with Gasteiger partial charge in [-0.15, -0.1) is 0 Å². The molecule has 140 valence electrons. The molecule has 4 heteroatoms. The van der Waals surface area contributed by atoms with Crippen LogP contribution in [-0.4, -0.2) is 27.2 Å². The monoisotopic (exact) mass is 371 g/mol. The van der Waals surface area contributed by atoms with E-state index in [1.165, 1.54) is 22.0 Å². The fourth-order valence-corrected chi connectivity index (χ4v) is 5.02. The molecule has 2 atom stereocenters. The van der Waals surface area contributed by atoms with Crippen molar-refractivity contribution in [3.63, 3.8) is 0 Å². The molecule has 0 N–H and O–H groups in total. The largest absolute Gasteiger partial charge is 0.467 e. The number of hydrogen-bond acceptors (Lipinski definition) is 3. The Hall–Kier alpha value is -1.70. The normalized spacial score (nSPS) is 14.2. The zero-order valence-corrected chi connectivity index (χ0v) is 17.5. The smallest absolute Gasteiger partial charge is 0.188 e. The topological polar surface area (TPSA) is 30.8 Å². The summed E-state index contributed by atoms with van der Waals surface area (Å²) in [7, 11) is 4.10. The SMILES string of the molecule is CCCC(C)(Pc1ccccc1C=NC)c1cc(C)ccc1OCOC. The van der Waals surface area contributed by atoms with Crippen LogP contribution in [-0.2, 0) is 9.89 Å². The Balaban J connectivity index is 2.49. The molecule has 0 radical (unpaired) electrons. The van der Waals surface area contributed by atoms with Gasteiger partial charge in [0.25, 0.3) is 0 Å². The number of aliphatic imine (C=N–C) groups is 1. The first-order valence-electron chi connectivity index (χ1n) is 9.06. The number of benzene rings is 2. The summed E-state index contributed by atoms with van der Waals surface area (Å²) in [6.07, 6.45) is 4.16. The summed E-state index contributed by atoms with van der Waals surface area (Å²) in [5, 5.41) is 1.34. The molecule has 2 aromatic rings. The van der Waals surface area contributed by atoms with Crippen molar-refractivity contribution in [2.45, 2.75) is 38.8 Å². The van der Waals surface area contributed by atoms with E-state index in [-0.39, 0.29) is 11.9 Å². The Bertz CT molecular complexity index is 745. The third kappa shape index (κ3) is 5.16. The third-order valence-corrected chi connectivity index (χ3v) is 6.25. The van der Waals surface area contributed by atoms with E-state index < -0.39 is 0 Å². The van der Waals surface area contributed by atoms with Crippen LogP contribution in [0.3, 0.4) is 0 Å². The molecule has 0 spiro atoms. The molecule has 0 saturated carbocycles. The van der Waals surface area contributed by atoms with Crippen LogP contribution in [0.15, 0.2) is 47.5 Å². The van der Waals surface area contributed by atoms with Crippen LogP contribution in [0.1, 0.15) is 43.4 Å². The summed E-state index contributed by atoms with van der Waals surface area (Å²) in [5.41, 5.74) is 3.71. The predicted molar refractivity (Wildman–Crippen MR) is 114 cm³/mol. The van der Waals surface area contributed by atoms with Crippen molar-refractivity contribution in [1.29, 1.82) is 0 Å². The molecule has 0 heterocycles. The highest BCUT2D eigenvalue weighted by Gasteiger charge is 2.30. The molecular weight excluding hydrogens is 341 g/mol. The van der Waals surface area contributed by atoms with E-state index in [0.717, 1.165) is 18.6 Å². The Morgan fingerprint density at radius 3 is 2.65 bits per heavy atom. The Morgan fingerprint density at radius 1 is 1.19 bits per heavy atom. The standard InChI is InChI=1S/C22H30NO2P/c1-6-13-22(3,26-21-10-8-7-9-18(21)15-23-4)19-14-17(2)11-12-20(19)25-16-24-5/h7-12,14-15,26H,6,13,16H2,1-5H3. The highest BCUT2D eigenvalue weighted by atomic mass is 31.1. The van der Waals surface area contributed by atoms with Gasteiger partial charge < -0.3 is 9.47 Å².